The molecule has 2 heterocycles. The quantitative estimate of drug-likeness (QED) is 0.843. The summed E-state index contributed by atoms with van der Waals surface area (Å²) in [7, 11) is -1.86. The minimum Gasteiger partial charge on any atom is -0.367 e. The highest BCUT2D eigenvalue weighted by molar-refractivity contribution is 7.89. The predicted octanol–water partition coefficient (Wildman–Crippen LogP) is 1.69. The molecule has 3 rings (SSSR count). The first-order chi connectivity index (χ1) is 11.3. The Morgan fingerprint density at radius 1 is 1.08 bits per heavy atom. The van der Waals surface area contributed by atoms with Gasteiger partial charge in [0.05, 0.1) is 17.1 Å². The van der Waals surface area contributed by atoms with Crippen LogP contribution in [0, 0.1) is 19.7 Å². The maximum Gasteiger partial charge on any atom is 0.246 e. The van der Waals surface area contributed by atoms with Crippen molar-refractivity contribution in [1.29, 1.82) is 0 Å². The van der Waals surface area contributed by atoms with Gasteiger partial charge in [-0.15, -0.1) is 0 Å². The van der Waals surface area contributed by atoms with Gasteiger partial charge in [0, 0.05) is 33.2 Å². The Balaban J connectivity index is 1.80. The molecule has 2 aromatic rings. The van der Waals surface area contributed by atoms with Gasteiger partial charge in [-0.05, 0) is 26.0 Å². The first-order valence-corrected chi connectivity index (χ1v) is 9.26. The molecule has 1 fully saturated rings. The lowest BCUT2D eigenvalue weighted by atomic mass is 10.2. The van der Waals surface area contributed by atoms with Crippen molar-refractivity contribution >= 4 is 15.7 Å². The summed E-state index contributed by atoms with van der Waals surface area (Å²) in [6.07, 6.45) is 0. The zero-order valence-corrected chi connectivity index (χ0v) is 14.8. The van der Waals surface area contributed by atoms with Crippen molar-refractivity contribution in [3.8, 4) is 0 Å². The molecule has 0 atom stereocenters. The monoisotopic (exact) mass is 352 g/mol. The first-order valence-electron chi connectivity index (χ1n) is 7.82. The summed E-state index contributed by atoms with van der Waals surface area (Å²) in [4.78, 5) is 2.16. The molecule has 1 aromatic carbocycles. The molecule has 0 saturated carbocycles. The molecule has 0 aliphatic carbocycles. The molecule has 24 heavy (non-hydrogen) atoms. The van der Waals surface area contributed by atoms with Crippen LogP contribution in [0.4, 0.5) is 10.1 Å². The summed E-state index contributed by atoms with van der Waals surface area (Å²) in [5.41, 5.74) is 1.65. The van der Waals surface area contributed by atoms with Crippen LogP contribution >= 0.6 is 0 Å². The maximum atomic E-state index is 13.9. The molecule has 0 amide bonds. The van der Waals surface area contributed by atoms with Crippen molar-refractivity contribution in [2.75, 3.05) is 31.1 Å². The van der Waals surface area contributed by atoms with Crippen LogP contribution in [0.1, 0.15) is 11.4 Å². The van der Waals surface area contributed by atoms with Gasteiger partial charge in [-0.25, -0.2) is 12.8 Å². The molecule has 0 spiro atoms. The fraction of sp³-hybridized carbons (Fsp3) is 0.438. The number of piperazine rings is 1. The highest BCUT2D eigenvalue weighted by Crippen LogP contribution is 2.26. The summed E-state index contributed by atoms with van der Waals surface area (Å²) in [5, 5.41) is 4.20. The van der Waals surface area contributed by atoms with Crippen LogP contribution in [0.2, 0.25) is 0 Å². The Kier molecular flexibility index (Phi) is 4.35. The van der Waals surface area contributed by atoms with Crippen LogP contribution in [-0.2, 0) is 17.1 Å². The molecule has 0 unspecified atom stereocenters. The average molecular weight is 352 g/mol. The lowest BCUT2D eigenvalue weighted by Gasteiger charge is -2.35. The van der Waals surface area contributed by atoms with Crippen molar-refractivity contribution < 1.29 is 12.8 Å². The van der Waals surface area contributed by atoms with Crippen LogP contribution in [0.25, 0.3) is 0 Å². The molecule has 6 nitrogen and oxygen atoms in total. The predicted molar refractivity (Wildman–Crippen MR) is 90.1 cm³/mol. The van der Waals surface area contributed by atoms with E-state index in [9.17, 15) is 12.8 Å². The van der Waals surface area contributed by atoms with Gasteiger partial charge in [0.25, 0.3) is 0 Å². The van der Waals surface area contributed by atoms with Gasteiger partial charge in [0.2, 0.25) is 10.0 Å². The summed E-state index contributed by atoms with van der Waals surface area (Å²) >= 11 is 0. The van der Waals surface area contributed by atoms with Gasteiger partial charge in [-0.1, -0.05) is 12.1 Å². The third kappa shape index (κ3) is 2.80. The van der Waals surface area contributed by atoms with E-state index in [1.165, 1.54) is 10.4 Å². The van der Waals surface area contributed by atoms with Crippen LogP contribution < -0.4 is 4.90 Å². The Labute approximate surface area is 141 Å². The summed E-state index contributed by atoms with van der Waals surface area (Å²) in [6.45, 7) is 5.02. The molecular weight excluding hydrogens is 331 g/mol. The van der Waals surface area contributed by atoms with Crippen LogP contribution in [0.5, 0.6) is 0 Å². The number of sulfonamides is 1. The number of hydrogen-bond acceptors (Lipinski definition) is 4. The van der Waals surface area contributed by atoms with Crippen molar-refractivity contribution in [3.05, 3.63) is 41.5 Å². The van der Waals surface area contributed by atoms with Crippen molar-refractivity contribution in [2.24, 2.45) is 7.05 Å². The molecule has 0 N–H and O–H groups in total. The lowest BCUT2D eigenvalue weighted by Crippen LogP contribution is -2.49. The van der Waals surface area contributed by atoms with Crippen LogP contribution in [-0.4, -0.2) is 48.7 Å². The fourth-order valence-corrected chi connectivity index (χ4v) is 4.96. The third-order valence-electron chi connectivity index (χ3n) is 4.47. The van der Waals surface area contributed by atoms with Crippen molar-refractivity contribution in [1.82, 2.24) is 14.1 Å². The number of aromatic nitrogens is 2. The number of halogens is 1. The van der Waals surface area contributed by atoms with E-state index in [2.05, 4.69) is 5.10 Å². The van der Waals surface area contributed by atoms with Crippen molar-refractivity contribution in [2.45, 2.75) is 18.7 Å². The Bertz CT molecular complexity index is 855. The van der Waals surface area contributed by atoms with E-state index in [0.717, 1.165) is 0 Å². The molecule has 8 heteroatoms. The van der Waals surface area contributed by atoms with Gasteiger partial charge in [0.1, 0.15) is 10.7 Å². The fourth-order valence-electron chi connectivity index (χ4n) is 3.13. The van der Waals surface area contributed by atoms with E-state index in [-0.39, 0.29) is 10.7 Å². The maximum absolute atomic E-state index is 13.9. The number of rotatable bonds is 3. The number of hydrogen-bond donors (Lipinski definition) is 0. The number of benzene rings is 1. The van der Waals surface area contributed by atoms with Gasteiger partial charge in [-0.2, -0.15) is 9.40 Å². The molecule has 0 bridgehead atoms. The Morgan fingerprint density at radius 2 is 1.71 bits per heavy atom. The van der Waals surface area contributed by atoms with E-state index in [1.807, 2.05) is 4.90 Å². The van der Waals surface area contributed by atoms with E-state index in [0.29, 0.717) is 43.3 Å². The van der Waals surface area contributed by atoms with E-state index >= 15 is 0 Å². The molecule has 1 aromatic heterocycles. The lowest BCUT2D eigenvalue weighted by molar-refractivity contribution is 0.382. The summed E-state index contributed by atoms with van der Waals surface area (Å²) < 4.78 is 42.8. The zero-order chi connectivity index (χ0) is 17.5. The van der Waals surface area contributed by atoms with E-state index in [1.54, 1.807) is 43.8 Å². The molecule has 130 valence electrons. The Hall–Kier alpha value is -1.93. The highest BCUT2D eigenvalue weighted by Gasteiger charge is 2.33. The SMILES string of the molecule is Cc1nn(C)c(C)c1S(=O)(=O)N1CCN(c2ccccc2F)CC1. The standard InChI is InChI=1S/C16H21FN4O2S/c1-12-16(13(2)19(3)18-12)24(22,23)21-10-8-20(9-11-21)15-7-5-4-6-14(15)17/h4-7H,8-11H2,1-3H3. The third-order valence-corrected chi connectivity index (χ3v) is 6.62. The van der Waals surface area contributed by atoms with E-state index in [4.69, 9.17) is 0 Å². The smallest absolute Gasteiger partial charge is 0.246 e. The van der Waals surface area contributed by atoms with Crippen LogP contribution in [0.15, 0.2) is 29.2 Å². The van der Waals surface area contributed by atoms with E-state index < -0.39 is 10.0 Å². The molecule has 0 radical (unpaired) electrons. The minimum absolute atomic E-state index is 0.282. The second-order valence-corrected chi connectivity index (χ2v) is 7.84. The largest absolute Gasteiger partial charge is 0.367 e. The summed E-state index contributed by atoms with van der Waals surface area (Å²) in [5.74, 6) is -0.284. The Morgan fingerprint density at radius 3 is 2.25 bits per heavy atom. The minimum atomic E-state index is -3.59. The van der Waals surface area contributed by atoms with Gasteiger partial charge < -0.3 is 4.90 Å². The number of nitrogens with zero attached hydrogens (tertiary/aromatic N) is 4. The number of para-hydroxylation sites is 1. The average Bonchev–Trinajstić information content (AvgIpc) is 2.81. The van der Waals surface area contributed by atoms with Gasteiger partial charge >= 0.3 is 0 Å². The molecule has 1 aliphatic rings. The zero-order valence-electron chi connectivity index (χ0n) is 14.0. The molecule has 1 saturated heterocycles. The van der Waals surface area contributed by atoms with Crippen molar-refractivity contribution in [3.63, 3.8) is 0 Å². The highest BCUT2D eigenvalue weighted by atomic mass is 32.2. The van der Waals surface area contributed by atoms with Gasteiger partial charge in [0.15, 0.2) is 0 Å². The molecule has 1 aliphatic heterocycles. The number of anilines is 1. The topological polar surface area (TPSA) is 58.4 Å². The van der Waals surface area contributed by atoms with Crippen LogP contribution in [0.3, 0.4) is 0 Å². The van der Waals surface area contributed by atoms with Gasteiger partial charge in [-0.3, -0.25) is 4.68 Å². The second-order valence-electron chi connectivity index (χ2n) is 5.97. The molecular formula is C16H21FN4O2S. The summed E-state index contributed by atoms with van der Waals surface area (Å²) in [6, 6.07) is 6.56. The first kappa shape index (κ1) is 16.9. The number of aryl methyl sites for hydroxylation is 2. The normalized spacial score (nSPS) is 16.6. The second kappa shape index (κ2) is 6.18.